The van der Waals surface area contributed by atoms with Crippen molar-refractivity contribution in [2.24, 2.45) is 0 Å². The molecule has 1 aliphatic rings. The first-order valence-electron chi connectivity index (χ1n) is 11.1. The van der Waals surface area contributed by atoms with Gasteiger partial charge in [-0.05, 0) is 47.4 Å². The molecule has 3 heterocycles. The molecule has 182 valence electrons. The second-order valence-electron chi connectivity index (χ2n) is 8.01. The number of aliphatic hydroxyl groups is 1. The summed E-state index contributed by atoms with van der Waals surface area (Å²) in [5.41, 5.74) is 2.58. The number of rotatable bonds is 8. The maximum absolute atomic E-state index is 13.3. The topological polar surface area (TPSA) is 96.5 Å². The molecule has 2 aromatic carbocycles. The Morgan fingerprint density at radius 1 is 1.11 bits per heavy atom. The van der Waals surface area contributed by atoms with E-state index in [1.165, 1.54) is 52.5 Å². The van der Waals surface area contributed by atoms with Crippen LogP contribution in [0.3, 0.4) is 0 Å². The molecular weight excluding hydrogens is 501 g/mol. The van der Waals surface area contributed by atoms with Crippen molar-refractivity contribution < 1.29 is 23.5 Å². The van der Waals surface area contributed by atoms with Crippen LogP contribution in [0.4, 0.5) is 9.52 Å². The summed E-state index contributed by atoms with van der Waals surface area (Å²) in [6.45, 7) is 2.03. The zero-order chi connectivity index (χ0) is 25.2. The van der Waals surface area contributed by atoms with Crippen LogP contribution in [0, 0.1) is 5.82 Å². The quantitative estimate of drug-likeness (QED) is 0.175. The number of ketones is 1. The van der Waals surface area contributed by atoms with Crippen molar-refractivity contribution in [1.29, 1.82) is 0 Å². The molecule has 4 aromatic rings. The third-order valence-electron chi connectivity index (χ3n) is 5.78. The number of carbonyl (C=O) groups excluding carboxylic acids is 2. The van der Waals surface area contributed by atoms with Crippen LogP contribution in [-0.2, 0) is 17.0 Å². The highest BCUT2D eigenvalue weighted by atomic mass is 32.2. The molecule has 2 aromatic heterocycles. The smallest absolute Gasteiger partial charge is 0.296 e. The van der Waals surface area contributed by atoms with Gasteiger partial charge in [0.2, 0.25) is 10.9 Å². The Kier molecular flexibility index (Phi) is 6.71. The van der Waals surface area contributed by atoms with Gasteiger partial charge >= 0.3 is 0 Å². The van der Waals surface area contributed by atoms with Crippen molar-refractivity contribution in [3.05, 3.63) is 107 Å². The molecule has 0 spiro atoms. The van der Waals surface area contributed by atoms with Crippen LogP contribution in [-0.4, -0.2) is 27.0 Å². The van der Waals surface area contributed by atoms with Crippen LogP contribution in [0.15, 0.2) is 87.0 Å². The average Bonchev–Trinajstić information content (AvgIpc) is 3.64. The van der Waals surface area contributed by atoms with Crippen LogP contribution in [0.25, 0.3) is 0 Å². The van der Waals surface area contributed by atoms with Crippen LogP contribution < -0.4 is 4.90 Å². The van der Waals surface area contributed by atoms with E-state index < -0.39 is 23.5 Å². The van der Waals surface area contributed by atoms with Crippen molar-refractivity contribution in [2.75, 3.05) is 4.90 Å². The molecule has 1 atom stereocenters. The van der Waals surface area contributed by atoms with Crippen molar-refractivity contribution in [3.8, 4) is 0 Å². The van der Waals surface area contributed by atoms with Gasteiger partial charge in [0.25, 0.3) is 5.91 Å². The number of amides is 1. The van der Waals surface area contributed by atoms with Gasteiger partial charge in [0, 0.05) is 5.75 Å². The summed E-state index contributed by atoms with van der Waals surface area (Å²) in [6.07, 6.45) is 2.19. The highest BCUT2D eigenvalue weighted by Crippen LogP contribution is 2.44. The molecule has 0 aliphatic carbocycles. The molecule has 10 heteroatoms. The number of furan rings is 1. The van der Waals surface area contributed by atoms with Gasteiger partial charge in [-0.1, -0.05) is 66.4 Å². The Bertz CT molecular complexity index is 1430. The van der Waals surface area contributed by atoms with Gasteiger partial charge in [-0.3, -0.25) is 14.5 Å². The molecule has 5 rings (SSSR count). The number of anilines is 1. The summed E-state index contributed by atoms with van der Waals surface area (Å²) in [5, 5.41) is 19.5. The number of aliphatic hydroxyl groups excluding tert-OH is 1. The summed E-state index contributed by atoms with van der Waals surface area (Å²) in [5.74, 6) is -1.70. The van der Waals surface area contributed by atoms with Gasteiger partial charge in [0.05, 0.1) is 17.9 Å². The summed E-state index contributed by atoms with van der Waals surface area (Å²) in [4.78, 5) is 27.8. The molecule has 0 saturated heterocycles. The summed E-state index contributed by atoms with van der Waals surface area (Å²) < 4.78 is 19.0. The van der Waals surface area contributed by atoms with Crippen LogP contribution >= 0.6 is 23.1 Å². The standard InChI is InChI=1S/C26H20FN3O4S2/c1-2-15-5-9-17(10-6-15)21-20(22(31)19-4-3-13-34-19)23(32)24(33)30(21)25-28-29-26(36-25)35-14-16-7-11-18(27)12-8-16/h3-13,21,32H,2,14H2,1H3. The zero-order valence-corrected chi connectivity index (χ0v) is 20.7. The van der Waals surface area contributed by atoms with E-state index in [1.54, 1.807) is 18.2 Å². The summed E-state index contributed by atoms with van der Waals surface area (Å²) >= 11 is 2.57. The van der Waals surface area contributed by atoms with Gasteiger partial charge in [-0.15, -0.1) is 10.2 Å². The first-order chi connectivity index (χ1) is 17.5. The highest BCUT2D eigenvalue weighted by molar-refractivity contribution is 8.00. The second-order valence-corrected chi connectivity index (χ2v) is 10.2. The number of aromatic nitrogens is 2. The normalized spacial score (nSPS) is 15.7. The maximum Gasteiger partial charge on any atom is 0.296 e. The van der Waals surface area contributed by atoms with E-state index in [4.69, 9.17) is 4.42 Å². The van der Waals surface area contributed by atoms with E-state index in [2.05, 4.69) is 10.2 Å². The van der Waals surface area contributed by atoms with Crippen molar-refractivity contribution >= 4 is 39.9 Å². The highest BCUT2D eigenvalue weighted by Gasteiger charge is 2.46. The van der Waals surface area contributed by atoms with Crippen LogP contribution in [0.1, 0.15) is 40.2 Å². The van der Waals surface area contributed by atoms with E-state index in [1.807, 2.05) is 31.2 Å². The molecular formula is C26H20FN3O4S2. The lowest BCUT2D eigenvalue weighted by atomic mass is 9.94. The van der Waals surface area contributed by atoms with E-state index in [-0.39, 0.29) is 22.3 Å². The molecule has 1 amide bonds. The van der Waals surface area contributed by atoms with Crippen molar-refractivity contribution in [1.82, 2.24) is 10.2 Å². The number of nitrogens with zero attached hydrogens (tertiary/aromatic N) is 3. The molecule has 7 nitrogen and oxygen atoms in total. The third-order valence-corrected chi connectivity index (χ3v) is 7.91. The van der Waals surface area contributed by atoms with Gasteiger partial charge in [-0.25, -0.2) is 4.39 Å². The lowest BCUT2D eigenvalue weighted by Crippen LogP contribution is -2.31. The van der Waals surface area contributed by atoms with E-state index in [9.17, 15) is 19.1 Å². The Morgan fingerprint density at radius 3 is 2.50 bits per heavy atom. The SMILES string of the molecule is CCc1ccc(C2C(C(=O)c3ccco3)=C(O)C(=O)N2c2nnc(SCc3ccc(F)cc3)s2)cc1. The fraction of sp³-hybridized carbons (Fsp3) is 0.154. The Labute approximate surface area is 214 Å². The minimum Gasteiger partial charge on any atom is -0.503 e. The zero-order valence-electron chi connectivity index (χ0n) is 19.1. The van der Waals surface area contributed by atoms with Gasteiger partial charge in [0.15, 0.2) is 15.9 Å². The Morgan fingerprint density at radius 2 is 1.83 bits per heavy atom. The number of hydrogen-bond donors (Lipinski definition) is 1. The Hall–Kier alpha value is -3.76. The molecule has 0 fully saturated rings. The monoisotopic (exact) mass is 521 g/mol. The Balaban J connectivity index is 1.48. The van der Waals surface area contributed by atoms with Crippen LogP contribution in [0.5, 0.6) is 0 Å². The number of carbonyl (C=O) groups is 2. The van der Waals surface area contributed by atoms with Gasteiger partial charge < -0.3 is 9.52 Å². The molecule has 1 aliphatic heterocycles. The lowest BCUT2D eigenvalue weighted by molar-refractivity contribution is -0.117. The number of aryl methyl sites for hydroxylation is 1. The lowest BCUT2D eigenvalue weighted by Gasteiger charge is -2.24. The molecule has 1 unspecified atom stereocenters. The first kappa shape index (κ1) is 24.0. The fourth-order valence-electron chi connectivity index (χ4n) is 3.91. The van der Waals surface area contributed by atoms with E-state index in [0.717, 1.165) is 17.5 Å². The van der Waals surface area contributed by atoms with E-state index in [0.29, 0.717) is 15.7 Å². The van der Waals surface area contributed by atoms with Gasteiger partial charge in [0.1, 0.15) is 5.82 Å². The predicted molar refractivity (Wildman–Crippen MR) is 135 cm³/mol. The summed E-state index contributed by atoms with van der Waals surface area (Å²) in [6, 6.07) is 15.9. The maximum atomic E-state index is 13.3. The van der Waals surface area contributed by atoms with Crippen molar-refractivity contribution in [2.45, 2.75) is 29.5 Å². The average molecular weight is 522 g/mol. The minimum absolute atomic E-state index is 0.0224. The number of Topliss-reactive ketones (excluding diaryl/α,β-unsaturated/α-hetero) is 1. The molecule has 0 saturated carbocycles. The largest absolute Gasteiger partial charge is 0.503 e. The van der Waals surface area contributed by atoms with E-state index >= 15 is 0 Å². The first-order valence-corrected chi connectivity index (χ1v) is 12.9. The second kappa shape index (κ2) is 10.1. The molecule has 36 heavy (non-hydrogen) atoms. The number of halogens is 1. The van der Waals surface area contributed by atoms with Crippen LogP contribution in [0.2, 0.25) is 0 Å². The number of thioether (sulfide) groups is 1. The van der Waals surface area contributed by atoms with Gasteiger partial charge in [-0.2, -0.15) is 0 Å². The number of benzene rings is 2. The summed E-state index contributed by atoms with van der Waals surface area (Å²) in [7, 11) is 0. The minimum atomic E-state index is -0.899. The fourth-order valence-corrected chi connectivity index (χ4v) is 5.73. The third kappa shape index (κ3) is 4.57. The van der Waals surface area contributed by atoms with Crippen molar-refractivity contribution in [3.63, 3.8) is 0 Å². The molecule has 0 radical (unpaired) electrons. The number of hydrogen-bond acceptors (Lipinski definition) is 8. The molecule has 1 N–H and O–H groups in total. The predicted octanol–water partition coefficient (Wildman–Crippen LogP) is 5.91. The molecule has 0 bridgehead atoms.